The minimum absolute atomic E-state index is 0.0342. The lowest BCUT2D eigenvalue weighted by atomic mass is 9.93. The van der Waals surface area contributed by atoms with E-state index >= 15 is 0 Å². The summed E-state index contributed by atoms with van der Waals surface area (Å²) >= 11 is 1.62. The maximum absolute atomic E-state index is 13.7. The number of fused-ring (bicyclic) bond motifs is 1. The topological polar surface area (TPSA) is 86.8 Å². The summed E-state index contributed by atoms with van der Waals surface area (Å²) < 4.78 is 41.8. The number of hydrogen-bond acceptors (Lipinski definition) is 5. The first-order chi connectivity index (χ1) is 17.1. The smallest absolute Gasteiger partial charge is 0.243 e. The van der Waals surface area contributed by atoms with E-state index in [0.29, 0.717) is 18.7 Å². The molecular formula is C26H28FN3O4S2. The number of carbonyl (C=O) groups is 2. The number of amides is 2. The minimum Gasteiger partial charge on any atom is -0.330 e. The monoisotopic (exact) mass is 529 g/mol. The lowest BCUT2D eigenvalue weighted by Crippen LogP contribution is -2.48. The maximum atomic E-state index is 13.7. The Morgan fingerprint density at radius 2 is 1.78 bits per heavy atom. The van der Waals surface area contributed by atoms with Gasteiger partial charge in [-0.1, -0.05) is 12.1 Å². The van der Waals surface area contributed by atoms with E-state index in [4.69, 9.17) is 0 Å². The molecule has 0 fully saturated rings. The van der Waals surface area contributed by atoms with Crippen molar-refractivity contribution in [3.8, 4) is 0 Å². The van der Waals surface area contributed by atoms with Gasteiger partial charge in [-0.15, -0.1) is 11.3 Å². The zero-order valence-electron chi connectivity index (χ0n) is 20.3. The molecule has 7 nitrogen and oxygen atoms in total. The molecule has 1 atom stereocenters. The van der Waals surface area contributed by atoms with Crippen LogP contribution in [0.25, 0.3) is 0 Å². The molecule has 1 N–H and O–H groups in total. The minimum atomic E-state index is -3.99. The van der Waals surface area contributed by atoms with Crippen LogP contribution < -0.4 is 5.32 Å². The van der Waals surface area contributed by atoms with E-state index in [-0.39, 0.29) is 29.1 Å². The van der Waals surface area contributed by atoms with Crippen LogP contribution in [0.1, 0.15) is 42.8 Å². The molecule has 10 heteroatoms. The van der Waals surface area contributed by atoms with Gasteiger partial charge in [0.25, 0.3) is 0 Å². The van der Waals surface area contributed by atoms with E-state index < -0.39 is 22.1 Å². The van der Waals surface area contributed by atoms with Crippen LogP contribution in [0.15, 0.2) is 64.9 Å². The van der Waals surface area contributed by atoms with Crippen LogP contribution in [0.5, 0.6) is 0 Å². The van der Waals surface area contributed by atoms with Crippen molar-refractivity contribution in [2.75, 3.05) is 18.4 Å². The highest BCUT2D eigenvalue weighted by Gasteiger charge is 2.36. The van der Waals surface area contributed by atoms with Gasteiger partial charge >= 0.3 is 0 Å². The van der Waals surface area contributed by atoms with Gasteiger partial charge in [0.05, 0.1) is 17.5 Å². The standard InChI is InChI=1S/C26H28FN3O4S2/c1-17(2)30(36(33,34)22-10-8-21(9-11-22)28-18(3)31)16-25(32)29-14-12-24-23(13-15-35-24)26(29)19-4-6-20(27)7-5-19/h4-11,13,15,17,26H,12,14,16H2,1-3H3,(H,28,31). The second kappa shape index (κ2) is 10.5. The van der Waals surface area contributed by atoms with Gasteiger partial charge in [0.15, 0.2) is 0 Å². The van der Waals surface area contributed by atoms with Crippen molar-refractivity contribution in [3.63, 3.8) is 0 Å². The Hall–Kier alpha value is -3.08. The van der Waals surface area contributed by atoms with E-state index in [1.807, 2.05) is 11.4 Å². The zero-order chi connectivity index (χ0) is 26.0. The van der Waals surface area contributed by atoms with E-state index in [2.05, 4.69) is 5.32 Å². The number of halogens is 1. The summed E-state index contributed by atoms with van der Waals surface area (Å²) in [5.41, 5.74) is 2.24. The molecule has 0 aliphatic carbocycles. The van der Waals surface area contributed by atoms with Gasteiger partial charge in [-0.25, -0.2) is 12.8 Å². The van der Waals surface area contributed by atoms with Crippen molar-refractivity contribution >= 4 is 38.9 Å². The number of hydrogen-bond donors (Lipinski definition) is 1. The normalized spacial score (nSPS) is 15.7. The molecule has 2 amide bonds. The Morgan fingerprint density at radius 3 is 2.39 bits per heavy atom. The first-order valence-corrected chi connectivity index (χ1v) is 13.9. The number of carbonyl (C=O) groups excluding carboxylic acids is 2. The van der Waals surface area contributed by atoms with Crippen molar-refractivity contribution < 1.29 is 22.4 Å². The molecule has 0 bridgehead atoms. The fourth-order valence-corrected chi connectivity index (χ4v) is 6.90. The molecule has 0 spiro atoms. The summed E-state index contributed by atoms with van der Waals surface area (Å²) in [6.45, 7) is 4.92. The predicted octanol–water partition coefficient (Wildman–Crippen LogP) is 4.42. The molecule has 36 heavy (non-hydrogen) atoms. The van der Waals surface area contributed by atoms with Gasteiger partial charge in [-0.2, -0.15) is 4.31 Å². The Kier molecular flexibility index (Phi) is 7.58. The van der Waals surface area contributed by atoms with Gasteiger partial charge < -0.3 is 10.2 Å². The molecule has 1 unspecified atom stereocenters. The largest absolute Gasteiger partial charge is 0.330 e. The molecule has 0 saturated heterocycles. The molecular weight excluding hydrogens is 501 g/mol. The number of nitrogens with one attached hydrogen (secondary N) is 1. The summed E-state index contributed by atoms with van der Waals surface area (Å²) in [5.74, 6) is -0.945. The quantitative estimate of drug-likeness (QED) is 0.491. The molecule has 1 aromatic heterocycles. The van der Waals surface area contributed by atoms with Gasteiger partial charge in [-0.05, 0) is 79.2 Å². The van der Waals surface area contributed by atoms with E-state index in [1.165, 1.54) is 52.5 Å². The van der Waals surface area contributed by atoms with Crippen molar-refractivity contribution in [2.45, 2.75) is 44.2 Å². The average molecular weight is 530 g/mol. The van der Waals surface area contributed by atoms with Gasteiger partial charge in [0.2, 0.25) is 21.8 Å². The number of benzene rings is 2. The van der Waals surface area contributed by atoms with Gasteiger partial charge in [-0.3, -0.25) is 9.59 Å². The van der Waals surface area contributed by atoms with Gasteiger partial charge in [0, 0.05) is 30.1 Å². The molecule has 0 saturated carbocycles. The molecule has 1 aliphatic rings. The average Bonchev–Trinajstić information content (AvgIpc) is 3.31. The summed E-state index contributed by atoms with van der Waals surface area (Å²) in [6.07, 6.45) is 0.676. The van der Waals surface area contributed by atoms with Crippen LogP contribution in [0, 0.1) is 5.82 Å². The summed E-state index contributed by atoms with van der Waals surface area (Å²) in [5, 5.41) is 4.59. The fourth-order valence-electron chi connectivity index (χ4n) is 4.41. The first kappa shape index (κ1) is 26.0. The molecule has 4 rings (SSSR count). The number of thiophene rings is 1. The van der Waals surface area contributed by atoms with Crippen molar-refractivity contribution in [1.29, 1.82) is 0 Å². The highest BCUT2D eigenvalue weighted by atomic mass is 32.2. The number of rotatable bonds is 7. The Labute approximate surface area is 214 Å². The van der Waals surface area contributed by atoms with Crippen molar-refractivity contribution in [2.24, 2.45) is 0 Å². The summed E-state index contributed by atoms with van der Waals surface area (Å²) in [6, 6.07) is 13.0. The van der Waals surface area contributed by atoms with Crippen molar-refractivity contribution in [3.05, 3.63) is 81.8 Å². The third kappa shape index (κ3) is 5.35. The zero-order valence-corrected chi connectivity index (χ0v) is 21.9. The van der Waals surface area contributed by atoms with E-state index in [9.17, 15) is 22.4 Å². The Bertz CT molecular complexity index is 1350. The fraction of sp³-hybridized carbons (Fsp3) is 0.308. The summed E-state index contributed by atoms with van der Waals surface area (Å²) in [7, 11) is -3.99. The molecule has 190 valence electrons. The highest BCUT2D eigenvalue weighted by Crippen LogP contribution is 2.38. The maximum Gasteiger partial charge on any atom is 0.243 e. The third-order valence-corrected chi connectivity index (χ3v) is 9.15. The van der Waals surface area contributed by atoms with Crippen LogP contribution in [0.2, 0.25) is 0 Å². The molecule has 2 aromatic carbocycles. The van der Waals surface area contributed by atoms with Crippen LogP contribution in [0.4, 0.5) is 10.1 Å². The Balaban J connectivity index is 1.62. The highest BCUT2D eigenvalue weighted by molar-refractivity contribution is 7.89. The summed E-state index contributed by atoms with van der Waals surface area (Å²) in [4.78, 5) is 27.8. The van der Waals surface area contributed by atoms with Crippen LogP contribution in [0.3, 0.4) is 0 Å². The van der Waals surface area contributed by atoms with Crippen LogP contribution in [-0.4, -0.2) is 48.6 Å². The second-order valence-electron chi connectivity index (χ2n) is 8.94. The molecule has 2 heterocycles. The SMILES string of the molecule is CC(=O)Nc1ccc(S(=O)(=O)N(CC(=O)N2CCc3sccc3C2c2ccc(F)cc2)C(C)C)cc1. The molecule has 1 aliphatic heterocycles. The van der Waals surface area contributed by atoms with Crippen LogP contribution in [-0.2, 0) is 26.0 Å². The lowest BCUT2D eigenvalue weighted by Gasteiger charge is -2.38. The van der Waals surface area contributed by atoms with Gasteiger partial charge in [0.1, 0.15) is 5.82 Å². The predicted molar refractivity (Wildman–Crippen MR) is 138 cm³/mol. The van der Waals surface area contributed by atoms with E-state index in [0.717, 1.165) is 11.1 Å². The second-order valence-corrected chi connectivity index (χ2v) is 11.8. The number of sulfonamides is 1. The van der Waals surface area contributed by atoms with Crippen LogP contribution >= 0.6 is 11.3 Å². The lowest BCUT2D eigenvalue weighted by molar-refractivity contribution is -0.133. The molecule has 0 radical (unpaired) electrons. The molecule has 3 aromatic rings. The first-order valence-electron chi connectivity index (χ1n) is 11.6. The van der Waals surface area contributed by atoms with Crippen molar-refractivity contribution in [1.82, 2.24) is 9.21 Å². The number of anilines is 1. The third-order valence-electron chi connectivity index (χ3n) is 6.12. The van der Waals surface area contributed by atoms with E-state index in [1.54, 1.807) is 42.2 Å². The Morgan fingerprint density at radius 1 is 1.11 bits per heavy atom. The number of nitrogens with zero attached hydrogens (tertiary/aromatic N) is 2.